The number of ether oxygens (including phenoxy) is 1. The summed E-state index contributed by atoms with van der Waals surface area (Å²) in [6, 6.07) is 0. The van der Waals surface area contributed by atoms with Crippen molar-refractivity contribution in [3.8, 4) is 0 Å². The Balaban J connectivity index is 0. The van der Waals surface area contributed by atoms with E-state index in [9.17, 15) is 21.6 Å². The van der Waals surface area contributed by atoms with E-state index in [0.29, 0.717) is 0 Å². The fourth-order valence-corrected chi connectivity index (χ4v) is 0.828. The number of carbonyl (C=O) groups excluding carboxylic acids is 1. The van der Waals surface area contributed by atoms with E-state index in [2.05, 4.69) is 15.4 Å². The maximum atomic E-state index is 10.7. The first-order valence-corrected chi connectivity index (χ1v) is 8.48. The highest BCUT2D eigenvalue weighted by molar-refractivity contribution is 8.12. The molecule has 0 spiro atoms. The van der Waals surface area contributed by atoms with Gasteiger partial charge >= 0.3 is 24.6 Å². The van der Waals surface area contributed by atoms with Gasteiger partial charge in [0.25, 0.3) is 0 Å². The van der Waals surface area contributed by atoms with Gasteiger partial charge in [0.2, 0.25) is 0 Å². The average molecular weight is 345 g/mol. The van der Waals surface area contributed by atoms with Gasteiger partial charge in [-0.2, -0.15) is 16.8 Å². The molecule has 0 atom stereocenters. The van der Waals surface area contributed by atoms with Crippen LogP contribution in [0.15, 0.2) is 4.58 Å². The molecule has 18 heavy (non-hydrogen) atoms. The number of rotatable bonds is 2. The molecule has 0 aromatic carbocycles. The Bertz CT molecular complexity index is 481. The summed E-state index contributed by atoms with van der Waals surface area (Å²) >= 11 is 0. The predicted molar refractivity (Wildman–Crippen MR) is 64.7 cm³/mol. The van der Waals surface area contributed by atoms with Gasteiger partial charge in [0.05, 0.1) is 4.58 Å². The van der Waals surface area contributed by atoms with Gasteiger partial charge in [-0.15, -0.1) is 4.91 Å². The van der Waals surface area contributed by atoms with Crippen LogP contribution in [-0.4, -0.2) is 28.5 Å². The molecule has 13 heteroatoms. The summed E-state index contributed by atoms with van der Waals surface area (Å²) in [6.07, 6.45) is -1.09. The third kappa shape index (κ3) is 20.7. The molecule has 0 heterocycles. The first-order valence-electron chi connectivity index (χ1n) is 3.91. The molecule has 0 unspecified atom stereocenters. The Hall–Kier alpha value is -0.650. The molecule has 0 saturated heterocycles. The fourth-order valence-electron chi connectivity index (χ4n) is 0.398. The second-order valence-electron chi connectivity index (χ2n) is 3.53. The molecule has 0 saturated carbocycles. The van der Waals surface area contributed by atoms with Crippen molar-refractivity contribution in [1.29, 1.82) is 0 Å². The summed E-state index contributed by atoms with van der Waals surface area (Å²) in [5, 5.41) is 0. The average Bonchev–Trinajstić information content (AvgIpc) is 1.95. The van der Waals surface area contributed by atoms with Crippen LogP contribution in [0.4, 0.5) is 4.79 Å². The zero-order valence-corrected chi connectivity index (χ0v) is 12.5. The Morgan fingerprint density at radius 2 is 1.50 bits per heavy atom. The summed E-state index contributed by atoms with van der Waals surface area (Å²) in [7, 11) is 0.759. The number of nitrogens with one attached hydrogen (secondary N) is 1. The summed E-state index contributed by atoms with van der Waals surface area (Å²) in [6.45, 7) is 4.81. The van der Waals surface area contributed by atoms with E-state index in [1.165, 1.54) is 9.30 Å². The monoisotopic (exact) mass is 344 g/mol. The van der Waals surface area contributed by atoms with Crippen LogP contribution in [0.25, 0.3) is 0 Å². The smallest absolute Gasteiger partial charge is 0.422 e. The van der Waals surface area contributed by atoms with Gasteiger partial charge in [0.1, 0.15) is 5.60 Å². The Morgan fingerprint density at radius 1 is 1.17 bits per heavy atom. The van der Waals surface area contributed by atoms with E-state index >= 15 is 0 Å². The van der Waals surface area contributed by atoms with Gasteiger partial charge in [-0.25, -0.2) is 9.52 Å². The Morgan fingerprint density at radius 3 is 1.67 bits per heavy atom. The minimum Gasteiger partial charge on any atom is -0.443 e. The number of amides is 1. The van der Waals surface area contributed by atoms with Crippen molar-refractivity contribution in [3.05, 3.63) is 4.91 Å². The molecule has 0 aliphatic carbocycles. The molecule has 0 bridgehead atoms. The molecule has 108 valence electrons. The molecule has 0 aliphatic rings. The van der Waals surface area contributed by atoms with Crippen molar-refractivity contribution >= 4 is 45.9 Å². The van der Waals surface area contributed by atoms with E-state index in [1.807, 2.05) is 0 Å². The molecular weight excluding hydrogens is 335 g/mol. The van der Waals surface area contributed by atoms with Crippen LogP contribution in [0.5, 0.6) is 0 Å². The van der Waals surface area contributed by atoms with Crippen LogP contribution < -0.4 is 4.72 Å². The second kappa shape index (κ2) is 7.07. The minimum absolute atomic E-state index is 0.744. The van der Waals surface area contributed by atoms with Gasteiger partial charge in [0.15, 0.2) is 0 Å². The molecule has 1 N–H and O–H groups in total. The van der Waals surface area contributed by atoms with Crippen molar-refractivity contribution in [3.63, 3.8) is 0 Å². The first-order chi connectivity index (χ1) is 7.66. The normalized spacial score (nSPS) is 11.8. The van der Waals surface area contributed by atoms with Gasteiger partial charge in [-0.3, -0.25) is 0 Å². The highest BCUT2D eigenvalue weighted by Crippen LogP contribution is 2.07. The molecule has 0 aromatic rings. The second-order valence-corrected chi connectivity index (χ2v) is 7.97. The van der Waals surface area contributed by atoms with Crippen molar-refractivity contribution in [2.75, 3.05) is 0 Å². The van der Waals surface area contributed by atoms with Crippen molar-refractivity contribution in [1.82, 2.24) is 4.72 Å². The van der Waals surface area contributed by atoms with Gasteiger partial charge in [-0.1, -0.05) is 0 Å². The van der Waals surface area contributed by atoms with Gasteiger partial charge in [0, 0.05) is 21.4 Å². The van der Waals surface area contributed by atoms with Crippen LogP contribution in [0.3, 0.4) is 0 Å². The van der Waals surface area contributed by atoms with E-state index in [4.69, 9.17) is 15.6 Å². The van der Waals surface area contributed by atoms with E-state index < -0.39 is 30.2 Å². The summed E-state index contributed by atoms with van der Waals surface area (Å²) in [5.41, 5.74) is -0.744. The first kappa shape index (κ1) is 19.7. The lowest BCUT2D eigenvalue weighted by atomic mass is 10.2. The number of hydrogen-bond donors (Lipinski definition) is 1. The fraction of sp³-hybridized carbons (Fsp3) is 0.800. The number of nitroso groups, excluding NO2 is 1. The molecule has 0 aromatic heterocycles. The zero-order chi connectivity index (χ0) is 15.2. The summed E-state index contributed by atoms with van der Waals surface area (Å²) < 4.78 is 46.7. The molecule has 9 nitrogen and oxygen atoms in total. The highest BCUT2D eigenvalue weighted by atomic mass is 35.7. The van der Waals surface area contributed by atoms with Crippen LogP contribution in [0.1, 0.15) is 20.8 Å². The highest BCUT2D eigenvalue weighted by Gasteiger charge is 2.19. The van der Waals surface area contributed by atoms with Crippen LogP contribution in [0.2, 0.25) is 0 Å². The lowest BCUT2D eigenvalue weighted by Gasteiger charge is -2.18. The lowest BCUT2D eigenvalue weighted by Crippen LogP contribution is -2.34. The molecule has 0 rings (SSSR count). The maximum Gasteiger partial charge on any atom is 0.422 e. The maximum absolute atomic E-state index is 10.7. The van der Waals surface area contributed by atoms with Crippen molar-refractivity contribution in [2.24, 2.45) is 4.58 Å². The van der Waals surface area contributed by atoms with E-state index in [-0.39, 0.29) is 0 Å². The Kier molecular flexibility index (Phi) is 7.73. The number of halogens is 2. The number of hydrogen-bond acceptors (Lipinski definition) is 7. The van der Waals surface area contributed by atoms with E-state index in [1.54, 1.807) is 20.8 Å². The quantitative estimate of drug-likeness (QED) is 0.587. The summed E-state index contributed by atoms with van der Waals surface area (Å²) in [4.78, 5) is 19.5. The zero-order valence-electron chi connectivity index (χ0n) is 9.38. The molecular formula is C5H10Cl2N2O7S2. The van der Waals surface area contributed by atoms with Crippen molar-refractivity contribution < 1.29 is 26.4 Å². The van der Waals surface area contributed by atoms with Crippen LogP contribution in [0, 0.1) is 4.91 Å². The largest absolute Gasteiger partial charge is 0.443 e. The molecule has 0 fully saturated rings. The SMILES string of the molecule is CC(C)(C)OC(=O)NS(=O)(=O)Cl.O=NS(=O)(=O)Cl. The summed E-state index contributed by atoms with van der Waals surface area (Å²) in [5.74, 6) is 0. The molecule has 0 aliphatic heterocycles. The Labute approximate surface area is 113 Å². The van der Waals surface area contributed by atoms with Crippen LogP contribution >= 0.6 is 21.4 Å². The molecule has 0 radical (unpaired) electrons. The number of carbonyl (C=O) groups is 1. The number of nitrogens with zero attached hydrogens (tertiary/aromatic N) is 1. The third-order valence-corrected chi connectivity index (χ3v) is 1.68. The third-order valence-electron chi connectivity index (χ3n) is 0.693. The predicted octanol–water partition coefficient (Wildman–Crippen LogP) is 1.23. The van der Waals surface area contributed by atoms with Gasteiger partial charge in [-0.05, 0) is 20.8 Å². The van der Waals surface area contributed by atoms with Crippen molar-refractivity contribution in [2.45, 2.75) is 26.4 Å². The standard InChI is InChI=1S/C5H10ClNO4S.ClNO3S/c1-5(2,3)11-4(8)7-12(6,9)10;1-6(4,5)2-3/h1-3H3,(H,7,8);. The minimum atomic E-state index is -4.12. The topological polar surface area (TPSA) is 136 Å². The van der Waals surface area contributed by atoms with Gasteiger partial charge < -0.3 is 4.74 Å². The molecule has 1 amide bonds. The van der Waals surface area contributed by atoms with Crippen LogP contribution in [-0.2, 0) is 23.2 Å². The lowest BCUT2D eigenvalue weighted by molar-refractivity contribution is 0.0571. The van der Waals surface area contributed by atoms with E-state index in [0.717, 1.165) is 0 Å².